The molecular weight excluding hydrogens is 270 g/mol. The quantitative estimate of drug-likeness (QED) is 0.863. The van der Waals surface area contributed by atoms with E-state index in [4.69, 9.17) is 0 Å². The molecule has 0 saturated carbocycles. The first-order valence-corrected chi connectivity index (χ1v) is 5.79. The molecule has 3 nitrogen and oxygen atoms in total. The van der Waals surface area contributed by atoms with Crippen LogP contribution in [0.3, 0.4) is 0 Å². The van der Waals surface area contributed by atoms with Crippen LogP contribution >= 0.6 is 15.9 Å². The Labute approximate surface area is 103 Å². The summed E-state index contributed by atoms with van der Waals surface area (Å²) in [6.45, 7) is 3.85. The van der Waals surface area contributed by atoms with Crippen molar-refractivity contribution in [3.63, 3.8) is 0 Å². The molecule has 0 spiro atoms. The van der Waals surface area contributed by atoms with Gasteiger partial charge in [-0.15, -0.1) is 0 Å². The second-order valence-electron chi connectivity index (χ2n) is 3.73. The van der Waals surface area contributed by atoms with Gasteiger partial charge >= 0.3 is 0 Å². The van der Waals surface area contributed by atoms with Crippen LogP contribution in [-0.2, 0) is 16.1 Å². The molecule has 1 aromatic rings. The predicted octanol–water partition coefficient (Wildman–Crippen LogP) is 2.35. The number of rotatable bonds is 4. The molecule has 1 amide bonds. The van der Waals surface area contributed by atoms with Gasteiger partial charge in [0.1, 0.15) is 5.78 Å². The Balaban J connectivity index is 2.57. The number of amides is 1. The van der Waals surface area contributed by atoms with E-state index in [1.807, 2.05) is 25.1 Å². The summed E-state index contributed by atoms with van der Waals surface area (Å²) in [5.74, 6) is -0.352. The summed E-state index contributed by atoms with van der Waals surface area (Å²) in [6.07, 6.45) is -0.0486. The van der Waals surface area contributed by atoms with E-state index in [0.717, 1.165) is 15.6 Å². The van der Waals surface area contributed by atoms with E-state index < -0.39 is 0 Å². The minimum absolute atomic E-state index is 0.0486. The van der Waals surface area contributed by atoms with Crippen LogP contribution in [0.5, 0.6) is 0 Å². The number of Topliss-reactive ketones (excluding diaryl/α,β-unsaturated/α-hetero) is 1. The van der Waals surface area contributed by atoms with Gasteiger partial charge in [0, 0.05) is 11.0 Å². The van der Waals surface area contributed by atoms with Gasteiger partial charge in [-0.1, -0.05) is 22.0 Å². The molecule has 4 heteroatoms. The first-order chi connectivity index (χ1) is 7.49. The fourth-order valence-electron chi connectivity index (χ4n) is 1.31. The molecule has 1 aromatic carbocycles. The lowest BCUT2D eigenvalue weighted by molar-refractivity contribution is -0.127. The maximum Gasteiger partial charge on any atom is 0.227 e. The fraction of sp³-hybridized carbons (Fsp3) is 0.333. The minimum atomic E-state index is -0.230. The van der Waals surface area contributed by atoms with Crippen molar-refractivity contribution in [3.8, 4) is 0 Å². The van der Waals surface area contributed by atoms with Crippen molar-refractivity contribution in [1.29, 1.82) is 0 Å². The highest BCUT2D eigenvalue weighted by atomic mass is 79.9. The van der Waals surface area contributed by atoms with Gasteiger partial charge in [0.25, 0.3) is 0 Å². The average molecular weight is 284 g/mol. The number of aryl methyl sites for hydroxylation is 1. The minimum Gasteiger partial charge on any atom is -0.352 e. The third-order valence-corrected chi connectivity index (χ3v) is 2.69. The molecule has 16 heavy (non-hydrogen) atoms. The summed E-state index contributed by atoms with van der Waals surface area (Å²) in [5.41, 5.74) is 2.16. The van der Waals surface area contributed by atoms with Crippen molar-refractivity contribution in [1.82, 2.24) is 5.32 Å². The van der Waals surface area contributed by atoms with Crippen LogP contribution in [0.1, 0.15) is 24.5 Å². The summed E-state index contributed by atoms with van der Waals surface area (Å²) in [5, 5.41) is 2.72. The number of nitrogens with one attached hydrogen (secondary N) is 1. The lowest BCUT2D eigenvalue weighted by Gasteiger charge is -2.07. The van der Waals surface area contributed by atoms with E-state index in [1.165, 1.54) is 6.92 Å². The van der Waals surface area contributed by atoms with Crippen LogP contribution in [0.2, 0.25) is 0 Å². The van der Waals surface area contributed by atoms with Crippen LogP contribution < -0.4 is 5.32 Å². The SMILES string of the molecule is CC(=O)CC(=O)NCc1cc(Br)ccc1C. The van der Waals surface area contributed by atoms with Crippen LogP contribution in [0, 0.1) is 6.92 Å². The van der Waals surface area contributed by atoms with Crippen molar-refractivity contribution in [3.05, 3.63) is 33.8 Å². The zero-order valence-electron chi connectivity index (χ0n) is 9.34. The van der Waals surface area contributed by atoms with Crippen molar-refractivity contribution < 1.29 is 9.59 Å². The van der Waals surface area contributed by atoms with Crippen molar-refractivity contribution in [2.45, 2.75) is 26.8 Å². The highest BCUT2D eigenvalue weighted by molar-refractivity contribution is 9.10. The van der Waals surface area contributed by atoms with Gasteiger partial charge in [-0.05, 0) is 37.1 Å². The molecule has 0 saturated heterocycles. The Morgan fingerprint density at radius 2 is 2.06 bits per heavy atom. The third kappa shape index (κ3) is 4.14. The number of carbonyl (C=O) groups is 2. The molecule has 1 N–H and O–H groups in total. The molecule has 86 valence electrons. The number of benzene rings is 1. The fourth-order valence-corrected chi connectivity index (χ4v) is 1.72. The molecule has 0 aliphatic carbocycles. The lowest BCUT2D eigenvalue weighted by Crippen LogP contribution is -2.24. The molecular formula is C12H14BrNO2. The molecule has 0 atom stereocenters. The molecule has 0 heterocycles. The maximum absolute atomic E-state index is 11.3. The Hall–Kier alpha value is -1.16. The van der Waals surface area contributed by atoms with Crippen LogP contribution in [0.15, 0.2) is 22.7 Å². The summed E-state index contributed by atoms with van der Waals surface area (Å²) in [7, 11) is 0. The second kappa shape index (κ2) is 5.80. The van der Waals surface area contributed by atoms with Gasteiger partial charge in [0.2, 0.25) is 5.91 Å². The monoisotopic (exact) mass is 283 g/mol. The molecule has 1 rings (SSSR count). The van der Waals surface area contributed by atoms with E-state index in [9.17, 15) is 9.59 Å². The summed E-state index contributed by atoms with van der Waals surface area (Å²) in [4.78, 5) is 22.0. The number of carbonyl (C=O) groups excluding carboxylic acids is 2. The average Bonchev–Trinajstić information content (AvgIpc) is 2.18. The third-order valence-electron chi connectivity index (χ3n) is 2.20. The van der Waals surface area contributed by atoms with E-state index in [-0.39, 0.29) is 18.1 Å². The Morgan fingerprint density at radius 3 is 2.69 bits per heavy atom. The lowest BCUT2D eigenvalue weighted by atomic mass is 10.1. The van der Waals surface area contributed by atoms with E-state index in [0.29, 0.717) is 6.54 Å². The Morgan fingerprint density at radius 1 is 1.38 bits per heavy atom. The van der Waals surface area contributed by atoms with Gasteiger partial charge in [0.15, 0.2) is 0 Å². The zero-order chi connectivity index (χ0) is 12.1. The Kier molecular flexibility index (Phi) is 4.68. The van der Waals surface area contributed by atoms with Gasteiger partial charge in [-0.2, -0.15) is 0 Å². The predicted molar refractivity (Wildman–Crippen MR) is 66.0 cm³/mol. The van der Waals surface area contributed by atoms with Crippen molar-refractivity contribution in [2.75, 3.05) is 0 Å². The topological polar surface area (TPSA) is 46.2 Å². The number of halogens is 1. The number of hydrogen-bond acceptors (Lipinski definition) is 2. The molecule has 0 aliphatic rings. The summed E-state index contributed by atoms with van der Waals surface area (Å²) < 4.78 is 0.980. The highest BCUT2D eigenvalue weighted by Gasteiger charge is 2.05. The van der Waals surface area contributed by atoms with Gasteiger partial charge in [-0.3, -0.25) is 9.59 Å². The molecule has 0 aromatic heterocycles. The van der Waals surface area contributed by atoms with Crippen LogP contribution in [0.25, 0.3) is 0 Å². The maximum atomic E-state index is 11.3. The molecule has 0 fully saturated rings. The largest absolute Gasteiger partial charge is 0.352 e. The number of ketones is 1. The smallest absolute Gasteiger partial charge is 0.227 e. The molecule has 0 unspecified atom stereocenters. The normalized spacial score (nSPS) is 9.94. The summed E-state index contributed by atoms with van der Waals surface area (Å²) in [6, 6.07) is 5.90. The summed E-state index contributed by atoms with van der Waals surface area (Å²) >= 11 is 3.38. The van der Waals surface area contributed by atoms with Crippen molar-refractivity contribution >= 4 is 27.6 Å². The molecule has 0 aliphatic heterocycles. The van der Waals surface area contributed by atoms with E-state index >= 15 is 0 Å². The second-order valence-corrected chi connectivity index (χ2v) is 4.64. The zero-order valence-corrected chi connectivity index (χ0v) is 10.9. The van der Waals surface area contributed by atoms with E-state index in [2.05, 4.69) is 21.2 Å². The van der Waals surface area contributed by atoms with Crippen LogP contribution in [0.4, 0.5) is 0 Å². The standard InChI is InChI=1S/C12H14BrNO2/c1-8-3-4-11(13)6-10(8)7-14-12(16)5-9(2)15/h3-4,6H,5,7H2,1-2H3,(H,14,16). The first kappa shape index (κ1) is 12.9. The number of hydrogen-bond donors (Lipinski definition) is 1. The highest BCUT2D eigenvalue weighted by Crippen LogP contribution is 2.15. The van der Waals surface area contributed by atoms with Crippen molar-refractivity contribution in [2.24, 2.45) is 0 Å². The first-order valence-electron chi connectivity index (χ1n) is 5.00. The molecule has 0 radical (unpaired) electrons. The van der Waals surface area contributed by atoms with Gasteiger partial charge in [0.05, 0.1) is 6.42 Å². The van der Waals surface area contributed by atoms with E-state index in [1.54, 1.807) is 0 Å². The van der Waals surface area contributed by atoms with Crippen LogP contribution in [-0.4, -0.2) is 11.7 Å². The Bertz CT molecular complexity index is 415. The van der Waals surface area contributed by atoms with Gasteiger partial charge < -0.3 is 5.32 Å². The molecule has 0 bridgehead atoms. The van der Waals surface area contributed by atoms with Gasteiger partial charge in [-0.25, -0.2) is 0 Å².